The summed E-state index contributed by atoms with van der Waals surface area (Å²) in [5.41, 5.74) is 1.98. The third-order valence-electron chi connectivity index (χ3n) is 1.68. The molecule has 0 saturated carbocycles. The summed E-state index contributed by atoms with van der Waals surface area (Å²) < 4.78 is 0. The van der Waals surface area contributed by atoms with Crippen LogP contribution in [0.3, 0.4) is 0 Å². The molecule has 1 rings (SSSR count). The topological polar surface area (TPSA) is 87.7 Å². The Morgan fingerprint density at radius 1 is 1.62 bits per heavy atom. The first-order valence-corrected chi connectivity index (χ1v) is 5.41. The largest absolute Gasteiger partial charge is 0.479 e. The van der Waals surface area contributed by atoms with Gasteiger partial charge in [-0.3, -0.25) is 4.84 Å². The van der Waals surface area contributed by atoms with Crippen molar-refractivity contribution in [1.82, 2.24) is 10.8 Å². The second-order valence-corrected chi connectivity index (χ2v) is 3.97. The Hall–Kier alpha value is -1.60. The predicted molar refractivity (Wildman–Crippen MR) is 58.0 cm³/mol. The highest BCUT2D eigenvalue weighted by atomic mass is 32.1. The van der Waals surface area contributed by atoms with Crippen LogP contribution in [0.25, 0.3) is 0 Å². The molecule has 0 aliphatic rings. The number of amides is 2. The summed E-state index contributed by atoms with van der Waals surface area (Å²) >= 11 is 1.52. The number of aliphatic carboxylic acids is 1. The summed E-state index contributed by atoms with van der Waals surface area (Å²) in [6.45, 7) is 1.25. The van der Waals surface area contributed by atoms with Crippen molar-refractivity contribution in [3.63, 3.8) is 0 Å². The van der Waals surface area contributed by atoms with E-state index in [1.807, 2.05) is 29.9 Å². The van der Waals surface area contributed by atoms with Crippen molar-refractivity contribution in [2.45, 2.75) is 13.0 Å². The Morgan fingerprint density at radius 3 is 2.94 bits per heavy atom. The number of carboxylic acid groups (broad SMARTS) is 1. The van der Waals surface area contributed by atoms with Crippen LogP contribution in [0.4, 0.5) is 4.79 Å². The fraction of sp³-hybridized carbons (Fsp3) is 0.333. The standard InChI is InChI=1S/C9H12N2O4S/c1-6(7-3-2-4-16-7)10-9(14)11-15-5-8(12)13/h2-4,6H,5H2,1H3,(H,12,13)(H2,10,11,14). The lowest BCUT2D eigenvalue weighted by atomic mass is 10.3. The van der Waals surface area contributed by atoms with Gasteiger partial charge < -0.3 is 10.4 Å². The van der Waals surface area contributed by atoms with E-state index in [2.05, 4.69) is 10.2 Å². The zero-order chi connectivity index (χ0) is 12.0. The van der Waals surface area contributed by atoms with Gasteiger partial charge in [-0.15, -0.1) is 11.3 Å². The van der Waals surface area contributed by atoms with E-state index in [4.69, 9.17) is 5.11 Å². The summed E-state index contributed by atoms with van der Waals surface area (Å²) in [4.78, 5) is 26.7. The molecule has 1 aromatic rings. The van der Waals surface area contributed by atoms with E-state index in [1.54, 1.807) is 0 Å². The number of hydroxylamine groups is 1. The number of thiophene rings is 1. The Kier molecular flexibility index (Phi) is 4.74. The number of carbonyl (C=O) groups is 2. The molecule has 7 heteroatoms. The van der Waals surface area contributed by atoms with Gasteiger partial charge in [0.2, 0.25) is 0 Å². The normalized spacial score (nSPS) is 11.8. The third-order valence-corrected chi connectivity index (χ3v) is 2.73. The van der Waals surface area contributed by atoms with Crippen molar-refractivity contribution in [1.29, 1.82) is 0 Å². The maximum Gasteiger partial charge on any atom is 0.339 e. The van der Waals surface area contributed by atoms with Crippen molar-refractivity contribution < 1.29 is 19.5 Å². The molecule has 0 spiro atoms. The Labute approximate surface area is 96.2 Å². The van der Waals surface area contributed by atoms with E-state index in [0.29, 0.717) is 0 Å². The molecule has 1 aromatic heterocycles. The van der Waals surface area contributed by atoms with Crippen molar-refractivity contribution >= 4 is 23.3 Å². The zero-order valence-corrected chi connectivity index (χ0v) is 9.41. The number of nitrogens with one attached hydrogen (secondary N) is 2. The van der Waals surface area contributed by atoms with Gasteiger partial charge in [0.05, 0.1) is 6.04 Å². The minimum atomic E-state index is -1.15. The fourth-order valence-electron chi connectivity index (χ4n) is 0.998. The molecule has 0 bridgehead atoms. The lowest BCUT2D eigenvalue weighted by molar-refractivity contribution is -0.144. The van der Waals surface area contributed by atoms with Crippen LogP contribution in [0, 0.1) is 0 Å². The molecule has 1 heterocycles. The van der Waals surface area contributed by atoms with Gasteiger partial charge in [0.25, 0.3) is 0 Å². The Morgan fingerprint density at radius 2 is 2.38 bits per heavy atom. The first-order chi connectivity index (χ1) is 7.59. The molecule has 0 saturated heterocycles. The second kappa shape index (κ2) is 6.09. The first-order valence-electron chi connectivity index (χ1n) is 4.53. The number of urea groups is 1. The van der Waals surface area contributed by atoms with Gasteiger partial charge in [-0.25, -0.2) is 15.1 Å². The lowest BCUT2D eigenvalue weighted by Crippen LogP contribution is -2.37. The number of hydrogen-bond acceptors (Lipinski definition) is 4. The van der Waals surface area contributed by atoms with Crippen LogP contribution in [0.15, 0.2) is 17.5 Å². The van der Waals surface area contributed by atoms with Gasteiger partial charge in [-0.1, -0.05) is 6.07 Å². The average molecular weight is 244 g/mol. The summed E-state index contributed by atoms with van der Waals surface area (Å²) in [6, 6.07) is 3.07. The maximum atomic E-state index is 11.2. The van der Waals surface area contributed by atoms with Gasteiger partial charge >= 0.3 is 12.0 Å². The number of hydrogen-bond donors (Lipinski definition) is 3. The molecule has 16 heavy (non-hydrogen) atoms. The van der Waals surface area contributed by atoms with Gasteiger partial charge in [0, 0.05) is 4.88 Å². The zero-order valence-electron chi connectivity index (χ0n) is 8.60. The molecule has 6 nitrogen and oxygen atoms in total. The van der Waals surface area contributed by atoms with Crippen molar-refractivity contribution in [3.05, 3.63) is 22.4 Å². The molecular weight excluding hydrogens is 232 g/mol. The maximum absolute atomic E-state index is 11.2. The molecule has 88 valence electrons. The third kappa shape index (κ3) is 4.28. The van der Waals surface area contributed by atoms with E-state index >= 15 is 0 Å². The fourth-order valence-corrected chi connectivity index (χ4v) is 1.73. The molecule has 0 aromatic carbocycles. The minimum absolute atomic E-state index is 0.145. The van der Waals surface area contributed by atoms with Crippen LogP contribution in [-0.2, 0) is 9.63 Å². The van der Waals surface area contributed by atoms with Gasteiger partial charge in [0.15, 0.2) is 6.61 Å². The molecule has 0 aliphatic carbocycles. The van der Waals surface area contributed by atoms with E-state index in [1.165, 1.54) is 11.3 Å². The molecule has 0 aliphatic heterocycles. The molecule has 0 fully saturated rings. The lowest BCUT2D eigenvalue weighted by Gasteiger charge is -2.12. The van der Waals surface area contributed by atoms with E-state index in [-0.39, 0.29) is 6.04 Å². The molecule has 1 atom stereocenters. The first kappa shape index (κ1) is 12.5. The average Bonchev–Trinajstić information content (AvgIpc) is 2.69. The van der Waals surface area contributed by atoms with Crippen molar-refractivity contribution in [2.75, 3.05) is 6.61 Å². The van der Waals surface area contributed by atoms with E-state index in [9.17, 15) is 9.59 Å². The Balaban J connectivity index is 2.26. The van der Waals surface area contributed by atoms with Gasteiger partial charge in [-0.2, -0.15) is 0 Å². The van der Waals surface area contributed by atoms with Crippen molar-refractivity contribution in [2.24, 2.45) is 0 Å². The second-order valence-electron chi connectivity index (χ2n) is 3.00. The number of rotatable bonds is 5. The van der Waals surface area contributed by atoms with Crippen LogP contribution >= 0.6 is 11.3 Å². The van der Waals surface area contributed by atoms with Crippen LogP contribution in [0.5, 0.6) is 0 Å². The summed E-state index contributed by atoms with van der Waals surface area (Å²) in [7, 11) is 0. The molecule has 1 unspecified atom stereocenters. The van der Waals surface area contributed by atoms with Crippen LogP contribution in [-0.4, -0.2) is 23.7 Å². The smallest absolute Gasteiger partial charge is 0.339 e. The summed E-state index contributed by atoms with van der Waals surface area (Å²) in [6.07, 6.45) is 0. The van der Waals surface area contributed by atoms with Crippen LogP contribution < -0.4 is 10.8 Å². The highest BCUT2D eigenvalue weighted by Crippen LogP contribution is 2.17. The number of carbonyl (C=O) groups excluding carboxylic acids is 1. The molecule has 0 radical (unpaired) electrons. The van der Waals surface area contributed by atoms with Crippen molar-refractivity contribution in [3.8, 4) is 0 Å². The minimum Gasteiger partial charge on any atom is -0.479 e. The quantitative estimate of drug-likeness (QED) is 0.677. The summed E-state index contributed by atoms with van der Waals surface area (Å²) in [5, 5.41) is 12.8. The highest BCUT2D eigenvalue weighted by molar-refractivity contribution is 7.10. The van der Waals surface area contributed by atoms with E-state index < -0.39 is 18.6 Å². The SMILES string of the molecule is CC(NC(=O)NOCC(=O)O)c1cccs1. The molecular formula is C9H12N2O4S. The summed E-state index contributed by atoms with van der Waals surface area (Å²) in [5.74, 6) is -1.15. The highest BCUT2D eigenvalue weighted by Gasteiger charge is 2.10. The van der Waals surface area contributed by atoms with Gasteiger partial charge in [-0.05, 0) is 18.4 Å². The Bertz CT molecular complexity index is 352. The van der Waals surface area contributed by atoms with Crippen LogP contribution in [0.1, 0.15) is 17.8 Å². The monoisotopic (exact) mass is 244 g/mol. The molecule has 2 amide bonds. The predicted octanol–water partition coefficient (Wildman–Crippen LogP) is 1.12. The van der Waals surface area contributed by atoms with Gasteiger partial charge in [0.1, 0.15) is 0 Å². The number of carboxylic acids is 1. The van der Waals surface area contributed by atoms with E-state index in [0.717, 1.165) is 4.88 Å². The van der Waals surface area contributed by atoms with Crippen LogP contribution in [0.2, 0.25) is 0 Å². The molecule has 3 N–H and O–H groups in total.